The van der Waals surface area contributed by atoms with Crippen LogP contribution in [0.4, 0.5) is 0 Å². The smallest absolute Gasteiger partial charge is 0.253 e. The lowest BCUT2D eigenvalue weighted by Gasteiger charge is -2.09. The maximum Gasteiger partial charge on any atom is 0.253 e. The number of aromatic amines is 1. The molecule has 8 heteroatoms. The monoisotopic (exact) mass is 375 g/mol. The predicted octanol–water partition coefficient (Wildman–Crippen LogP) is 2.68. The first kappa shape index (κ1) is 17.8. The van der Waals surface area contributed by atoms with Crippen LogP contribution in [0.3, 0.4) is 0 Å². The van der Waals surface area contributed by atoms with Gasteiger partial charge in [-0.15, -0.1) is 5.10 Å². The van der Waals surface area contributed by atoms with Gasteiger partial charge in [-0.25, -0.2) is 4.98 Å². The molecule has 0 aliphatic rings. The SMILES string of the molecule is O=C(NCCCCCc1nc2ccccc2[nH]1)c1ccccc1-n1cnnn1. The normalized spacial score (nSPS) is 11.0. The number of nitrogens with one attached hydrogen (secondary N) is 2. The molecule has 0 aliphatic carbocycles. The molecule has 0 unspecified atom stereocenters. The van der Waals surface area contributed by atoms with Crippen LogP contribution in [-0.2, 0) is 6.42 Å². The zero-order chi connectivity index (χ0) is 19.2. The number of nitrogens with zero attached hydrogens (tertiary/aromatic N) is 5. The number of fused-ring (bicyclic) bond motifs is 1. The highest BCUT2D eigenvalue weighted by Crippen LogP contribution is 2.13. The molecule has 0 bridgehead atoms. The fourth-order valence-electron chi connectivity index (χ4n) is 3.15. The number of aryl methyl sites for hydroxylation is 1. The Kier molecular flexibility index (Phi) is 5.37. The third-order valence-electron chi connectivity index (χ3n) is 4.56. The van der Waals surface area contributed by atoms with Crippen molar-refractivity contribution in [1.29, 1.82) is 0 Å². The second-order valence-electron chi connectivity index (χ2n) is 6.54. The summed E-state index contributed by atoms with van der Waals surface area (Å²) >= 11 is 0. The summed E-state index contributed by atoms with van der Waals surface area (Å²) in [7, 11) is 0. The molecule has 0 aliphatic heterocycles. The van der Waals surface area contributed by atoms with E-state index in [0.29, 0.717) is 17.8 Å². The fraction of sp³-hybridized carbons (Fsp3) is 0.250. The molecule has 0 atom stereocenters. The van der Waals surface area contributed by atoms with Crippen LogP contribution in [-0.4, -0.2) is 42.6 Å². The van der Waals surface area contributed by atoms with E-state index in [1.807, 2.05) is 42.5 Å². The number of hydrogen-bond acceptors (Lipinski definition) is 5. The van der Waals surface area contributed by atoms with Gasteiger partial charge in [0.1, 0.15) is 12.2 Å². The molecule has 4 rings (SSSR count). The van der Waals surface area contributed by atoms with Crippen LogP contribution in [0.15, 0.2) is 54.9 Å². The van der Waals surface area contributed by atoms with Crippen LogP contribution < -0.4 is 5.32 Å². The zero-order valence-corrected chi connectivity index (χ0v) is 15.4. The molecule has 0 saturated carbocycles. The average molecular weight is 375 g/mol. The summed E-state index contributed by atoms with van der Waals surface area (Å²) < 4.78 is 1.49. The average Bonchev–Trinajstić information content (AvgIpc) is 3.40. The van der Waals surface area contributed by atoms with E-state index in [4.69, 9.17) is 0 Å². The van der Waals surface area contributed by atoms with Crippen LogP contribution in [0.25, 0.3) is 16.7 Å². The Labute approximate surface area is 162 Å². The molecule has 2 aromatic heterocycles. The Bertz CT molecular complexity index is 1020. The molecule has 4 aromatic rings. The zero-order valence-electron chi connectivity index (χ0n) is 15.4. The maximum atomic E-state index is 12.5. The number of aromatic nitrogens is 6. The Morgan fingerprint density at radius 3 is 2.75 bits per heavy atom. The minimum Gasteiger partial charge on any atom is -0.352 e. The van der Waals surface area contributed by atoms with Gasteiger partial charge in [-0.3, -0.25) is 4.79 Å². The van der Waals surface area contributed by atoms with Gasteiger partial charge in [-0.2, -0.15) is 4.68 Å². The van der Waals surface area contributed by atoms with Crippen molar-refractivity contribution in [3.8, 4) is 5.69 Å². The Morgan fingerprint density at radius 2 is 1.89 bits per heavy atom. The van der Waals surface area contributed by atoms with Gasteiger partial charge in [-0.05, 0) is 47.5 Å². The topological polar surface area (TPSA) is 101 Å². The largest absolute Gasteiger partial charge is 0.352 e. The van der Waals surface area contributed by atoms with Crippen molar-refractivity contribution in [3.05, 3.63) is 66.2 Å². The quantitative estimate of drug-likeness (QED) is 0.461. The van der Waals surface area contributed by atoms with E-state index in [1.54, 1.807) is 6.07 Å². The van der Waals surface area contributed by atoms with Gasteiger partial charge in [0.15, 0.2) is 0 Å². The summed E-state index contributed by atoms with van der Waals surface area (Å²) in [6.07, 6.45) is 5.34. The van der Waals surface area contributed by atoms with Gasteiger partial charge in [0.05, 0.1) is 22.3 Å². The molecule has 28 heavy (non-hydrogen) atoms. The number of benzene rings is 2. The molecular formula is C20H21N7O. The van der Waals surface area contributed by atoms with Crippen molar-refractivity contribution >= 4 is 16.9 Å². The summed E-state index contributed by atoms with van der Waals surface area (Å²) in [5.41, 5.74) is 3.30. The minimum absolute atomic E-state index is 0.122. The molecule has 8 nitrogen and oxygen atoms in total. The van der Waals surface area contributed by atoms with Crippen molar-refractivity contribution in [2.75, 3.05) is 6.54 Å². The van der Waals surface area contributed by atoms with Crippen molar-refractivity contribution in [1.82, 2.24) is 35.5 Å². The lowest BCUT2D eigenvalue weighted by molar-refractivity contribution is 0.0952. The molecular weight excluding hydrogens is 354 g/mol. The van der Waals surface area contributed by atoms with Crippen molar-refractivity contribution in [3.63, 3.8) is 0 Å². The first-order valence-electron chi connectivity index (χ1n) is 9.35. The number of rotatable bonds is 8. The van der Waals surface area contributed by atoms with Crippen LogP contribution >= 0.6 is 0 Å². The van der Waals surface area contributed by atoms with E-state index >= 15 is 0 Å². The van der Waals surface area contributed by atoms with Crippen molar-refractivity contribution in [2.45, 2.75) is 25.7 Å². The van der Waals surface area contributed by atoms with Gasteiger partial charge in [0, 0.05) is 13.0 Å². The second kappa shape index (κ2) is 8.43. The second-order valence-corrected chi connectivity index (χ2v) is 6.54. The molecule has 2 heterocycles. The van der Waals surface area contributed by atoms with Crippen molar-refractivity contribution < 1.29 is 4.79 Å². The Hall–Kier alpha value is -3.55. The van der Waals surface area contributed by atoms with Crippen LogP contribution in [0.1, 0.15) is 35.4 Å². The summed E-state index contributed by atoms with van der Waals surface area (Å²) in [5, 5.41) is 14.1. The van der Waals surface area contributed by atoms with E-state index in [9.17, 15) is 4.79 Å². The van der Waals surface area contributed by atoms with Crippen LogP contribution in [0.2, 0.25) is 0 Å². The van der Waals surface area contributed by atoms with Gasteiger partial charge in [0.25, 0.3) is 5.91 Å². The molecule has 2 N–H and O–H groups in total. The molecule has 0 saturated heterocycles. The third kappa shape index (κ3) is 4.06. The standard InChI is InChI=1S/C20H21N7O/c28-20(15-8-3-6-11-18(15)27-14-22-25-26-27)21-13-7-1-2-12-19-23-16-9-4-5-10-17(16)24-19/h3-6,8-11,14H,1-2,7,12-13H2,(H,21,28)(H,23,24). The van der Waals surface area contributed by atoms with E-state index in [0.717, 1.165) is 42.5 Å². The van der Waals surface area contributed by atoms with E-state index in [1.165, 1.54) is 11.0 Å². The first-order chi connectivity index (χ1) is 13.8. The number of amides is 1. The highest BCUT2D eigenvalue weighted by atomic mass is 16.1. The first-order valence-corrected chi connectivity index (χ1v) is 9.35. The van der Waals surface area contributed by atoms with E-state index < -0.39 is 0 Å². The number of H-pyrrole nitrogens is 1. The number of imidazole rings is 1. The van der Waals surface area contributed by atoms with E-state index in [2.05, 4.69) is 30.8 Å². The summed E-state index contributed by atoms with van der Waals surface area (Å²) in [4.78, 5) is 20.4. The number of para-hydroxylation sites is 3. The van der Waals surface area contributed by atoms with Gasteiger partial charge in [0.2, 0.25) is 0 Å². The molecule has 0 radical (unpaired) electrons. The summed E-state index contributed by atoms with van der Waals surface area (Å²) in [6, 6.07) is 15.3. The number of carbonyl (C=O) groups excluding carboxylic acids is 1. The molecule has 0 fully saturated rings. The molecule has 1 amide bonds. The fourth-order valence-corrected chi connectivity index (χ4v) is 3.15. The maximum absolute atomic E-state index is 12.5. The molecule has 142 valence electrons. The predicted molar refractivity (Wildman–Crippen MR) is 105 cm³/mol. The molecule has 2 aromatic carbocycles. The summed E-state index contributed by atoms with van der Waals surface area (Å²) in [6.45, 7) is 0.628. The van der Waals surface area contributed by atoms with Gasteiger partial charge < -0.3 is 10.3 Å². The number of hydrogen-bond donors (Lipinski definition) is 2. The summed E-state index contributed by atoms with van der Waals surface area (Å²) in [5.74, 6) is 0.893. The highest BCUT2D eigenvalue weighted by Gasteiger charge is 2.12. The lowest BCUT2D eigenvalue weighted by Crippen LogP contribution is -2.25. The highest BCUT2D eigenvalue weighted by molar-refractivity contribution is 5.97. The Balaban J connectivity index is 1.23. The third-order valence-corrected chi connectivity index (χ3v) is 4.56. The Morgan fingerprint density at radius 1 is 1.04 bits per heavy atom. The van der Waals surface area contributed by atoms with Gasteiger partial charge in [-0.1, -0.05) is 30.7 Å². The number of carbonyl (C=O) groups is 1. The minimum atomic E-state index is -0.122. The molecule has 0 spiro atoms. The van der Waals surface area contributed by atoms with Crippen LogP contribution in [0.5, 0.6) is 0 Å². The van der Waals surface area contributed by atoms with Crippen molar-refractivity contribution in [2.24, 2.45) is 0 Å². The van der Waals surface area contributed by atoms with E-state index in [-0.39, 0.29) is 5.91 Å². The number of unbranched alkanes of at least 4 members (excludes halogenated alkanes) is 2. The van der Waals surface area contributed by atoms with Crippen LogP contribution in [0, 0.1) is 0 Å². The van der Waals surface area contributed by atoms with Gasteiger partial charge >= 0.3 is 0 Å². The lowest BCUT2D eigenvalue weighted by atomic mass is 10.1. The number of tetrazole rings is 1.